The number of carbonyl (C=O) groups excluding carboxylic acids is 3. The fourth-order valence-corrected chi connectivity index (χ4v) is 9.63. The van der Waals surface area contributed by atoms with Crippen molar-refractivity contribution in [1.82, 2.24) is 41.3 Å². The van der Waals surface area contributed by atoms with Crippen LogP contribution in [0.3, 0.4) is 0 Å². The fourth-order valence-electron chi connectivity index (χ4n) is 9.19. The van der Waals surface area contributed by atoms with E-state index in [1.54, 1.807) is 4.90 Å². The van der Waals surface area contributed by atoms with Crippen molar-refractivity contribution in [2.75, 3.05) is 32.7 Å². The maximum atomic E-state index is 16.0. The Morgan fingerprint density at radius 2 is 1.80 bits per heavy atom. The van der Waals surface area contributed by atoms with Crippen LogP contribution in [0.4, 0.5) is 9.18 Å². The molecule has 0 aromatic rings. The first-order valence-electron chi connectivity index (χ1n) is 17.3. The van der Waals surface area contributed by atoms with Crippen LogP contribution < -0.4 is 26.6 Å². The smallest absolute Gasteiger partial charge is 0.320 e. The van der Waals surface area contributed by atoms with E-state index in [1.807, 2.05) is 4.90 Å². The molecule has 0 aromatic carbocycles. The minimum absolute atomic E-state index is 0.0963. The topological polar surface area (TPSA) is 141 Å². The van der Waals surface area contributed by atoms with Gasteiger partial charge in [0.05, 0.1) is 24.4 Å². The number of fused-ring (bicyclic) bond motifs is 5. The van der Waals surface area contributed by atoms with E-state index in [1.165, 1.54) is 6.08 Å². The Morgan fingerprint density at radius 1 is 1.04 bits per heavy atom. The summed E-state index contributed by atoms with van der Waals surface area (Å²) in [7, 11) is 0. The third kappa shape index (κ3) is 6.64. The Morgan fingerprint density at radius 3 is 2.52 bits per heavy atom. The molecule has 5 saturated heterocycles. The van der Waals surface area contributed by atoms with E-state index < -0.39 is 35.9 Å². The summed E-state index contributed by atoms with van der Waals surface area (Å²) in [5.74, 6) is -0.770. The molecule has 6 aliphatic rings. The largest absolute Gasteiger partial charge is 0.379 e. The third-order valence-corrected chi connectivity index (χ3v) is 11.9. The zero-order chi connectivity index (χ0) is 32.7. The molecule has 12 atom stereocenters. The van der Waals surface area contributed by atoms with Gasteiger partial charge in [-0.15, -0.1) is 11.6 Å². The van der Waals surface area contributed by atoms with Crippen molar-refractivity contribution in [1.29, 1.82) is 0 Å². The Hall–Kier alpha value is -2.03. The highest BCUT2D eigenvalue weighted by Crippen LogP contribution is 2.42. The minimum atomic E-state index is -1.13. The van der Waals surface area contributed by atoms with Gasteiger partial charge in [-0.3, -0.25) is 25.1 Å². The van der Waals surface area contributed by atoms with Gasteiger partial charge in [-0.2, -0.15) is 0 Å². The van der Waals surface area contributed by atoms with Crippen LogP contribution in [0.25, 0.3) is 0 Å². The van der Waals surface area contributed by atoms with Crippen LogP contribution in [-0.4, -0.2) is 131 Å². The molecule has 6 rings (SSSR count). The van der Waals surface area contributed by atoms with E-state index in [2.05, 4.69) is 51.9 Å². The molecule has 0 spiro atoms. The fraction of sp³-hybridized carbons (Fsp3) is 0.844. The summed E-state index contributed by atoms with van der Waals surface area (Å²) in [6.45, 7) is 10.8. The molecule has 14 heteroatoms. The molecule has 0 aromatic heterocycles. The van der Waals surface area contributed by atoms with Crippen LogP contribution in [0.15, 0.2) is 12.7 Å². The molecule has 0 radical (unpaired) electrons. The summed E-state index contributed by atoms with van der Waals surface area (Å²) >= 11 is 7.26. The second kappa shape index (κ2) is 14.2. The standard InChI is InChI=1S/C32H52ClFN8O4/c1-4-25(45)40-12-14-41(15-13-40)30-18-16-19(33)28-26-20(34)6-5-7-21(26)36-23(43)8-9-24(44)37-22-10-11-35-27(17(2)3)29(22)42(31(18)38-28)32(46)39-30/h4,17-23,26-31,35-36,38,43H,1,5-16H2,2-3H3,(H,37,44)(H,39,46). The summed E-state index contributed by atoms with van der Waals surface area (Å²) in [4.78, 5) is 46.0. The SMILES string of the molecule is C=CC(=O)N1CCN(C2NC(=O)N3C4NC(C(Cl)CC24)C2C(F)CCCC2NC(O)CCC(=O)NC2CCNC(C(C)C)C23)CC1. The normalized spacial score (nSPS) is 42.7. The van der Waals surface area contributed by atoms with Gasteiger partial charge < -0.3 is 30.9 Å². The molecule has 5 heterocycles. The van der Waals surface area contributed by atoms with Crippen molar-refractivity contribution in [3.05, 3.63) is 12.7 Å². The number of aliphatic hydroxyl groups excluding tert-OH is 1. The van der Waals surface area contributed by atoms with Crippen LogP contribution in [0, 0.1) is 17.8 Å². The lowest BCUT2D eigenvalue weighted by atomic mass is 9.72. The van der Waals surface area contributed by atoms with Crippen molar-refractivity contribution in [2.24, 2.45) is 17.8 Å². The van der Waals surface area contributed by atoms with Crippen LogP contribution in [0.5, 0.6) is 0 Å². The molecule has 1 aliphatic carbocycles. The van der Waals surface area contributed by atoms with Gasteiger partial charge in [0.2, 0.25) is 11.8 Å². The van der Waals surface area contributed by atoms with Crippen LogP contribution in [0.2, 0.25) is 0 Å². The number of amides is 4. The molecule has 6 N–H and O–H groups in total. The molecule has 5 aliphatic heterocycles. The monoisotopic (exact) mass is 666 g/mol. The molecule has 4 amide bonds. The predicted octanol–water partition coefficient (Wildman–Crippen LogP) is 0.659. The van der Waals surface area contributed by atoms with Gasteiger partial charge in [-0.1, -0.05) is 20.4 Å². The number of nitrogens with one attached hydrogen (secondary N) is 5. The third-order valence-electron chi connectivity index (χ3n) is 11.4. The van der Waals surface area contributed by atoms with Gasteiger partial charge in [0.15, 0.2) is 0 Å². The highest BCUT2D eigenvalue weighted by molar-refractivity contribution is 6.21. The number of piperidine rings is 2. The van der Waals surface area contributed by atoms with E-state index in [4.69, 9.17) is 11.6 Å². The predicted molar refractivity (Wildman–Crippen MR) is 172 cm³/mol. The van der Waals surface area contributed by atoms with Crippen molar-refractivity contribution in [2.45, 2.75) is 119 Å². The lowest BCUT2D eigenvalue weighted by Crippen LogP contribution is -2.81. The molecule has 6 fully saturated rings. The van der Waals surface area contributed by atoms with E-state index in [0.29, 0.717) is 64.8 Å². The summed E-state index contributed by atoms with van der Waals surface area (Å²) < 4.78 is 16.0. The molecule has 2 bridgehead atoms. The van der Waals surface area contributed by atoms with Crippen LogP contribution in [0.1, 0.15) is 58.8 Å². The van der Waals surface area contributed by atoms with Gasteiger partial charge in [-0.05, 0) is 57.1 Å². The van der Waals surface area contributed by atoms with Crippen molar-refractivity contribution >= 4 is 29.4 Å². The first-order valence-corrected chi connectivity index (χ1v) is 17.8. The zero-order valence-electron chi connectivity index (χ0n) is 27.0. The van der Waals surface area contributed by atoms with Gasteiger partial charge >= 0.3 is 6.03 Å². The van der Waals surface area contributed by atoms with Crippen LogP contribution >= 0.6 is 11.6 Å². The van der Waals surface area contributed by atoms with Gasteiger partial charge in [-0.25, -0.2) is 9.18 Å². The number of aliphatic hydroxyl groups is 1. The minimum Gasteiger partial charge on any atom is -0.379 e. The van der Waals surface area contributed by atoms with E-state index in [-0.39, 0.29) is 72.9 Å². The first kappa shape index (κ1) is 33.9. The maximum Gasteiger partial charge on any atom is 0.320 e. The number of rotatable bonds is 3. The summed E-state index contributed by atoms with van der Waals surface area (Å²) in [5.41, 5.74) is 0. The molecule has 12 unspecified atom stereocenters. The number of hydrogen-bond acceptors (Lipinski definition) is 8. The van der Waals surface area contributed by atoms with Crippen molar-refractivity contribution < 1.29 is 23.9 Å². The Kier molecular flexibility index (Phi) is 10.5. The number of hydrogen-bond donors (Lipinski definition) is 6. The summed E-state index contributed by atoms with van der Waals surface area (Å²) in [6.07, 6.45) is 1.75. The molecule has 258 valence electrons. The highest BCUT2D eigenvalue weighted by atomic mass is 35.5. The Bertz CT molecular complexity index is 1140. The van der Waals surface area contributed by atoms with Crippen molar-refractivity contribution in [3.63, 3.8) is 0 Å². The summed E-state index contributed by atoms with van der Waals surface area (Å²) in [6, 6.07) is -1.78. The zero-order valence-corrected chi connectivity index (χ0v) is 27.8. The van der Waals surface area contributed by atoms with E-state index in [0.717, 1.165) is 0 Å². The Balaban J connectivity index is 1.39. The molecule has 12 nitrogen and oxygen atoms in total. The number of piperazine rings is 1. The first-order chi connectivity index (χ1) is 22.1. The number of halogens is 2. The average molecular weight is 667 g/mol. The lowest BCUT2D eigenvalue weighted by molar-refractivity contribution is -0.129. The van der Waals surface area contributed by atoms with Gasteiger partial charge in [0.1, 0.15) is 12.4 Å². The van der Waals surface area contributed by atoms with Crippen molar-refractivity contribution in [3.8, 4) is 0 Å². The van der Waals surface area contributed by atoms with Gasteiger partial charge in [0.25, 0.3) is 0 Å². The van der Waals surface area contributed by atoms with Crippen LogP contribution in [-0.2, 0) is 9.59 Å². The number of alkyl halides is 2. The quantitative estimate of drug-likeness (QED) is 0.191. The van der Waals surface area contributed by atoms with E-state index in [9.17, 15) is 19.5 Å². The number of carbonyl (C=O) groups is 3. The summed E-state index contributed by atoms with van der Waals surface area (Å²) in [5, 5.41) is 27.7. The molecule has 1 saturated carbocycles. The lowest BCUT2D eigenvalue weighted by Gasteiger charge is -2.60. The molecular weight excluding hydrogens is 615 g/mol. The average Bonchev–Trinajstić information content (AvgIpc) is 3.03. The second-order valence-electron chi connectivity index (χ2n) is 14.4. The molecular formula is C32H52ClFN8O4. The Labute approximate surface area is 276 Å². The highest BCUT2D eigenvalue weighted by Gasteiger charge is 2.57. The molecule has 46 heavy (non-hydrogen) atoms. The number of urea groups is 1. The maximum absolute atomic E-state index is 16.0. The van der Waals surface area contributed by atoms with Gasteiger partial charge in [0, 0.05) is 67.9 Å². The van der Waals surface area contributed by atoms with E-state index >= 15 is 4.39 Å². The second-order valence-corrected chi connectivity index (χ2v) is 15.0. The number of nitrogens with zero attached hydrogens (tertiary/aromatic N) is 3.